The van der Waals surface area contributed by atoms with E-state index in [2.05, 4.69) is 24.3 Å². The van der Waals surface area contributed by atoms with E-state index in [1.807, 2.05) is 117 Å². The second-order valence-corrected chi connectivity index (χ2v) is 12.5. The van der Waals surface area contributed by atoms with E-state index in [1.165, 1.54) is 0 Å². The summed E-state index contributed by atoms with van der Waals surface area (Å²) < 4.78 is 33.2. The van der Waals surface area contributed by atoms with Gasteiger partial charge in [-0.3, -0.25) is 0 Å². The van der Waals surface area contributed by atoms with E-state index in [0.29, 0.717) is 45.2 Å². The van der Waals surface area contributed by atoms with Crippen LogP contribution < -0.4 is 0 Å². The molecule has 1 fully saturated rings. The Morgan fingerprint density at radius 2 is 1.04 bits per heavy atom. The van der Waals surface area contributed by atoms with Gasteiger partial charge in [0.2, 0.25) is 0 Å². The predicted molar refractivity (Wildman–Crippen MR) is 180 cm³/mol. The van der Waals surface area contributed by atoms with Crippen molar-refractivity contribution >= 4 is 0 Å². The minimum atomic E-state index is -0.551. The van der Waals surface area contributed by atoms with Crippen molar-refractivity contribution in [1.29, 1.82) is 0 Å². The molecule has 0 saturated carbocycles. The molecular weight excluding hydrogens is 576 g/mol. The molecule has 4 aromatic carbocycles. The fourth-order valence-corrected chi connectivity index (χ4v) is 5.31. The van der Waals surface area contributed by atoms with E-state index in [9.17, 15) is 5.11 Å². The van der Waals surface area contributed by atoms with Gasteiger partial charge in [-0.05, 0) is 40.2 Å². The zero-order chi connectivity index (χ0) is 32.0. The number of allylic oxidation sites excluding steroid dienone is 1. The summed E-state index contributed by atoms with van der Waals surface area (Å²) in [6.07, 6.45) is 0.627. The first-order chi connectivity index (χ1) is 22.5. The van der Waals surface area contributed by atoms with Crippen molar-refractivity contribution in [3.63, 3.8) is 0 Å². The molecule has 1 saturated heterocycles. The third kappa shape index (κ3) is 10.1. The van der Waals surface area contributed by atoms with Gasteiger partial charge in [0.1, 0.15) is 24.1 Å². The Balaban J connectivity index is 1.47. The molecule has 4 aromatic rings. The largest absolute Gasteiger partial charge is 0.487 e. The Morgan fingerprint density at radius 1 is 0.609 bits per heavy atom. The van der Waals surface area contributed by atoms with E-state index >= 15 is 0 Å². The fraction of sp³-hybridized carbons (Fsp3) is 0.350. The maximum absolute atomic E-state index is 10.0. The molecule has 6 heteroatoms. The van der Waals surface area contributed by atoms with E-state index in [-0.39, 0.29) is 12.0 Å². The summed E-state index contributed by atoms with van der Waals surface area (Å²) in [5, 5.41) is 10.0. The highest BCUT2D eigenvalue weighted by Crippen LogP contribution is 2.34. The Kier molecular flexibility index (Phi) is 12.6. The van der Waals surface area contributed by atoms with Crippen LogP contribution in [0.1, 0.15) is 42.5 Å². The average Bonchev–Trinajstić information content (AvgIpc) is 3.10. The standard InChI is InChI=1S/C40H46O6/c1-40(2,30-41)24-23-35-37(43-26-32-17-9-4-10-18-32)39(45-28-34-21-13-6-14-22-34)38(44-27-33-19-11-5-12-20-33)36(46-35)29-42-25-31-15-7-3-8-16-31/h3-23,36-39,41H,24-30H2,1-2H3/b35-23-/t36-,37+,38-,39-/m1/s1. The summed E-state index contributed by atoms with van der Waals surface area (Å²) in [6, 6.07) is 40.5. The lowest BCUT2D eigenvalue weighted by Gasteiger charge is -2.44. The lowest BCUT2D eigenvalue weighted by atomic mass is 9.88. The zero-order valence-electron chi connectivity index (χ0n) is 26.9. The highest BCUT2D eigenvalue weighted by atomic mass is 16.6. The van der Waals surface area contributed by atoms with E-state index in [4.69, 9.17) is 23.7 Å². The predicted octanol–water partition coefficient (Wildman–Crippen LogP) is 7.65. The lowest BCUT2D eigenvalue weighted by molar-refractivity contribution is -0.223. The topological polar surface area (TPSA) is 66.4 Å². The molecule has 0 radical (unpaired) electrons. The molecule has 0 bridgehead atoms. The number of aliphatic hydroxyl groups is 1. The third-order valence-corrected chi connectivity index (χ3v) is 8.08. The van der Waals surface area contributed by atoms with Gasteiger partial charge < -0.3 is 28.8 Å². The number of rotatable bonds is 16. The Hall–Kier alpha value is -3.78. The monoisotopic (exact) mass is 622 g/mol. The summed E-state index contributed by atoms with van der Waals surface area (Å²) in [7, 11) is 0. The van der Waals surface area contributed by atoms with Gasteiger partial charge in [-0.2, -0.15) is 0 Å². The van der Waals surface area contributed by atoms with Crippen molar-refractivity contribution in [2.75, 3.05) is 13.2 Å². The summed E-state index contributed by atoms with van der Waals surface area (Å²) >= 11 is 0. The van der Waals surface area contributed by atoms with Gasteiger partial charge in [-0.1, -0.05) is 135 Å². The molecule has 0 aromatic heterocycles. The van der Waals surface area contributed by atoms with Crippen LogP contribution in [0.3, 0.4) is 0 Å². The zero-order valence-corrected chi connectivity index (χ0v) is 26.9. The van der Waals surface area contributed by atoms with E-state index in [1.54, 1.807) is 0 Å². The highest BCUT2D eigenvalue weighted by molar-refractivity contribution is 5.18. The number of hydrogen-bond donors (Lipinski definition) is 1. The van der Waals surface area contributed by atoms with Gasteiger partial charge in [-0.15, -0.1) is 0 Å². The number of aliphatic hydroxyl groups excluding tert-OH is 1. The maximum Gasteiger partial charge on any atom is 0.150 e. The molecule has 1 aliphatic rings. The minimum Gasteiger partial charge on any atom is -0.487 e. The average molecular weight is 623 g/mol. The van der Waals surface area contributed by atoms with E-state index < -0.39 is 24.4 Å². The van der Waals surface area contributed by atoms with Gasteiger partial charge in [0.25, 0.3) is 0 Å². The normalized spacial score (nSPS) is 20.8. The molecule has 1 N–H and O–H groups in total. The third-order valence-electron chi connectivity index (χ3n) is 8.08. The summed E-state index contributed by atoms with van der Waals surface area (Å²) in [4.78, 5) is 0. The summed E-state index contributed by atoms with van der Waals surface area (Å²) in [5.41, 5.74) is 3.92. The second-order valence-electron chi connectivity index (χ2n) is 12.5. The molecule has 0 spiro atoms. The number of ether oxygens (including phenoxy) is 5. The van der Waals surface area contributed by atoms with Crippen molar-refractivity contribution in [3.8, 4) is 0 Å². The van der Waals surface area contributed by atoms with Crippen LogP contribution in [0.25, 0.3) is 0 Å². The van der Waals surface area contributed by atoms with Crippen molar-refractivity contribution < 1.29 is 28.8 Å². The molecule has 6 nitrogen and oxygen atoms in total. The van der Waals surface area contributed by atoms with Crippen LogP contribution >= 0.6 is 0 Å². The van der Waals surface area contributed by atoms with Crippen LogP contribution in [0.15, 0.2) is 133 Å². The lowest BCUT2D eigenvalue weighted by Crippen LogP contribution is -2.56. The Bertz CT molecular complexity index is 1440. The van der Waals surface area contributed by atoms with Gasteiger partial charge in [-0.25, -0.2) is 0 Å². The molecule has 1 aliphatic heterocycles. The second kappa shape index (κ2) is 17.2. The SMILES string of the molecule is CC(C)(CO)C/C=C1\O[C@H](COCc2ccccc2)[C@@H](OCc2ccccc2)[C@H](OCc2ccccc2)[C@H]1OCc1ccccc1. The fourth-order valence-electron chi connectivity index (χ4n) is 5.31. The van der Waals surface area contributed by atoms with Gasteiger partial charge in [0.05, 0.1) is 33.0 Å². The van der Waals surface area contributed by atoms with Crippen LogP contribution in [0.2, 0.25) is 0 Å². The Morgan fingerprint density at radius 3 is 1.52 bits per heavy atom. The Labute approximate surface area is 273 Å². The van der Waals surface area contributed by atoms with Crippen LogP contribution in [0.5, 0.6) is 0 Å². The van der Waals surface area contributed by atoms with Crippen molar-refractivity contribution in [2.45, 2.75) is 71.1 Å². The van der Waals surface area contributed by atoms with Gasteiger partial charge in [0, 0.05) is 6.61 Å². The maximum atomic E-state index is 10.0. The van der Waals surface area contributed by atoms with Crippen LogP contribution in [-0.2, 0) is 50.1 Å². The summed E-state index contributed by atoms with van der Waals surface area (Å²) in [6.45, 7) is 6.00. The molecule has 0 aliphatic carbocycles. The molecule has 46 heavy (non-hydrogen) atoms. The number of benzene rings is 4. The van der Waals surface area contributed by atoms with Crippen molar-refractivity contribution in [2.24, 2.45) is 5.41 Å². The smallest absolute Gasteiger partial charge is 0.150 e. The van der Waals surface area contributed by atoms with Crippen molar-refractivity contribution in [1.82, 2.24) is 0 Å². The first-order valence-corrected chi connectivity index (χ1v) is 16.1. The van der Waals surface area contributed by atoms with Crippen LogP contribution in [0, 0.1) is 5.41 Å². The molecule has 5 rings (SSSR count). The summed E-state index contributed by atoms with van der Waals surface area (Å²) in [5.74, 6) is 0.670. The quantitative estimate of drug-likeness (QED) is 0.139. The molecule has 0 unspecified atom stereocenters. The molecule has 1 heterocycles. The first-order valence-electron chi connectivity index (χ1n) is 16.1. The molecule has 242 valence electrons. The molecule has 0 amide bonds. The first kappa shape index (κ1) is 33.6. The highest BCUT2D eigenvalue weighted by Gasteiger charge is 2.46. The van der Waals surface area contributed by atoms with Crippen molar-refractivity contribution in [3.05, 3.63) is 155 Å². The molecular formula is C40H46O6. The van der Waals surface area contributed by atoms with Crippen LogP contribution in [0.4, 0.5) is 0 Å². The van der Waals surface area contributed by atoms with Gasteiger partial charge in [0.15, 0.2) is 6.10 Å². The van der Waals surface area contributed by atoms with E-state index in [0.717, 1.165) is 22.3 Å². The molecule has 4 atom stereocenters. The van der Waals surface area contributed by atoms with Gasteiger partial charge >= 0.3 is 0 Å². The minimum absolute atomic E-state index is 0.0483. The van der Waals surface area contributed by atoms with Crippen LogP contribution in [-0.4, -0.2) is 42.7 Å². The number of hydrogen-bond acceptors (Lipinski definition) is 6.